The molecule has 0 bridgehead atoms. The normalized spacial score (nSPS) is 16.5. The minimum atomic E-state index is -4.51. The quantitative estimate of drug-likeness (QED) is 0.241. The van der Waals surface area contributed by atoms with Crippen molar-refractivity contribution in [2.24, 2.45) is 0 Å². The fraction of sp³-hybridized carbons (Fsp3) is 0.367. The second-order valence-electron chi connectivity index (χ2n) is 9.91. The van der Waals surface area contributed by atoms with Crippen LogP contribution in [-0.2, 0) is 19.1 Å². The second-order valence-corrected chi connectivity index (χ2v) is 10.3. The molecule has 1 saturated heterocycles. The lowest BCUT2D eigenvalue weighted by Gasteiger charge is -2.34. The van der Waals surface area contributed by atoms with Crippen LogP contribution >= 0.6 is 11.6 Å². The SMILES string of the molecule is CCC1CCCCN1Cc1nc(NCCc2ccccc2Cl)c2ccc(-c3ncccc3C(F)(F)F)cc2n1. The average molecular weight is 554 g/mol. The first kappa shape index (κ1) is 27.3. The highest BCUT2D eigenvalue weighted by Gasteiger charge is 2.34. The average Bonchev–Trinajstić information content (AvgIpc) is 2.93. The summed E-state index contributed by atoms with van der Waals surface area (Å²) in [5.74, 6) is 1.31. The number of aromatic nitrogens is 3. The molecule has 3 heterocycles. The zero-order chi connectivity index (χ0) is 27.4. The Bertz CT molecular complexity index is 1440. The van der Waals surface area contributed by atoms with Crippen LogP contribution in [0.25, 0.3) is 22.2 Å². The smallest absolute Gasteiger partial charge is 0.369 e. The third-order valence-electron chi connectivity index (χ3n) is 7.34. The van der Waals surface area contributed by atoms with Crippen LogP contribution in [-0.4, -0.2) is 39.0 Å². The summed E-state index contributed by atoms with van der Waals surface area (Å²) >= 11 is 6.34. The van der Waals surface area contributed by atoms with Crippen molar-refractivity contribution in [3.05, 3.63) is 82.8 Å². The van der Waals surface area contributed by atoms with Gasteiger partial charge >= 0.3 is 6.18 Å². The van der Waals surface area contributed by atoms with Crippen molar-refractivity contribution in [1.29, 1.82) is 0 Å². The maximum absolute atomic E-state index is 13.7. The minimum absolute atomic E-state index is 0.109. The summed E-state index contributed by atoms with van der Waals surface area (Å²) < 4.78 is 41.2. The Morgan fingerprint density at radius 3 is 2.69 bits per heavy atom. The first-order chi connectivity index (χ1) is 18.8. The number of nitrogens with one attached hydrogen (secondary N) is 1. The van der Waals surface area contributed by atoms with Crippen LogP contribution in [0.1, 0.15) is 49.6 Å². The van der Waals surface area contributed by atoms with Gasteiger partial charge in [0.05, 0.1) is 23.3 Å². The predicted molar refractivity (Wildman–Crippen MR) is 150 cm³/mol. The van der Waals surface area contributed by atoms with E-state index in [9.17, 15) is 13.2 Å². The number of fused-ring (bicyclic) bond motifs is 1. The molecule has 0 spiro atoms. The van der Waals surface area contributed by atoms with Crippen molar-refractivity contribution in [3.8, 4) is 11.3 Å². The number of nitrogens with zero attached hydrogens (tertiary/aromatic N) is 4. The molecule has 204 valence electrons. The van der Waals surface area contributed by atoms with Gasteiger partial charge in [-0.3, -0.25) is 9.88 Å². The van der Waals surface area contributed by atoms with E-state index in [4.69, 9.17) is 21.6 Å². The van der Waals surface area contributed by atoms with E-state index in [0.29, 0.717) is 53.3 Å². The van der Waals surface area contributed by atoms with E-state index in [0.717, 1.165) is 42.8 Å². The Morgan fingerprint density at radius 1 is 1.05 bits per heavy atom. The Labute approximate surface area is 231 Å². The van der Waals surface area contributed by atoms with Crippen LogP contribution in [0.3, 0.4) is 0 Å². The van der Waals surface area contributed by atoms with Gasteiger partial charge in [0.25, 0.3) is 0 Å². The van der Waals surface area contributed by atoms with Crippen LogP contribution in [0.5, 0.6) is 0 Å². The van der Waals surface area contributed by atoms with Crippen LogP contribution in [0.2, 0.25) is 5.02 Å². The van der Waals surface area contributed by atoms with E-state index >= 15 is 0 Å². The van der Waals surface area contributed by atoms with Gasteiger partial charge in [0.2, 0.25) is 0 Å². The Balaban J connectivity index is 1.51. The van der Waals surface area contributed by atoms with Crippen LogP contribution in [0, 0.1) is 0 Å². The molecule has 1 N–H and O–H groups in total. The molecule has 1 unspecified atom stereocenters. The molecule has 9 heteroatoms. The number of halogens is 4. The first-order valence-electron chi connectivity index (χ1n) is 13.4. The maximum atomic E-state index is 13.7. The summed E-state index contributed by atoms with van der Waals surface area (Å²) in [7, 11) is 0. The summed E-state index contributed by atoms with van der Waals surface area (Å²) in [4.78, 5) is 16.2. The van der Waals surface area contributed by atoms with E-state index in [1.165, 1.54) is 18.7 Å². The molecule has 39 heavy (non-hydrogen) atoms. The van der Waals surface area contributed by atoms with Gasteiger partial charge in [-0.15, -0.1) is 0 Å². The van der Waals surface area contributed by atoms with E-state index in [-0.39, 0.29) is 5.69 Å². The lowest BCUT2D eigenvalue weighted by atomic mass is 10.00. The van der Waals surface area contributed by atoms with Gasteiger partial charge in [-0.05, 0) is 68.1 Å². The van der Waals surface area contributed by atoms with Crippen LogP contribution in [0.4, 0.5) is 19.0 Å². The number of hydrogen-bond acceptors (Lipinski definition) is 5. The van der Waals surface area contributed by atoms with Crippen molar-refractivity contribution in [1.82, 2.24) is 19.9 Å². The number of alkyl halides is 3. The number of rotatable bonds is 8. The molecule has 2 aromatic carbocycles. The molecule has 0 aliphatic carbocycles. The molecule has 1 fully saturated rings. The van der Waals surface area contributed by atoms with Crippen molar-refractivity contribution in [2.75, 3.05) is 18.4 Å². The molecule has 4 aromatic rings. The lowest BCUT2D eigenvalue weighted by molar-refractivity contribution is -0.137. The fourth-order valence-electron chi connectivity index (χ4n) is 5.32. The molecular formula is C30H31ClF3N5. The highest BCUT2D eigenvalue weighted by molar-refractivity contribution is 6.31. The van der Waals surface area contributed by atoms with Gasteiger partial charge in [-0.25, -0.2) is 9.97 Å². The molecular weight excluding hydrogens is 523 g/mol. The molecule has 5 nitrogen and oxygen atoms in total. The number of benzene rings is 2. The van der Waals surface area contributed by atoms with Gasteiger partial charge in [-0.2, -0.15) is 13.2 Å². The molecule has 1 atom stereocenters. The molecule has 0 saturated carbocycles. The number of piperidine rings is 1. The van der Waals surface area contributed by atoms with Gasteiger partial charge in [-0.1, -0.05) is 49.2 Å². The molecule has 0 amide bonds. The van der Waals surface area contributed by atoms with Gasteiger partial charge in [0.15, 0.2) is 0 Å². The predicted octanol–water partition coefficient (Wildman–Crippen LogP) is 7.78. The van der Waals surface area contributed by atoms with Gasteiger partial charge in [0.1, 0.15) is 11.6 Å². The number of likely N-dealkylation sites (tertiary alicyclic amines) is 1. The first-order valence-corrected chi connectivity index (χ1v) is 13.8. The summed E-state index contributed by atoms with van der Waals surface area (Å²) in [5.41, 5.74) is 1.10. The fourth-order valence-corrected chi connectivity index (χ4v) is 5.55. The van der Waals surface area contributed by atoms with Crippen LogP contribution < -0.4 is 5.32 Å². The van der Waals surface area contributed by atoms with Crippen LogP contribution in [0.15, 0.2) is 60.8 Å². The van der Waals surface area contributed by atoms with Crippen molar-refractivity contribution >= 4 is 28.3 Å². The third-order valence-corrected chi connectivity index (χ3v) is 7.71. The third kappa shape index (κ3) is 6.34. The Kier molecular flexibility index (Phi) is 8.33. The molecule has 1 aliphatic rings. The molecule has 1 aliphatic heterocycles. The zero-order valence-electron chi connectivity index (χ0n) is 21.8. The van der Waals surface area contributed by atoms with Crippen molar-refractivity contribution in [3.63, 3.8) is 0 Å². The summed E-state index contributed by atoms with van der Waals surface area (Å²) in [5, 5.41) is 4.90. The summed E-state index contributed by atoms with van der Waals surface area (Å²) in [6, 6.07) is 15.7. The maximum Gasteiger partial charge on any atom is 0.418 e. The summed E-state index contributed by atoms with van der Waals surface area (Å²) in [6.07, 6.45) is 2.13. The number of pyridine rings is 1. The number of anilines is 1. The highest BCUT2D eigenvalue weighted by atomic mass is 35.5. The van der Waals surface area contributed by atoms with E-state index < -0.39 is 11.7 Å². The second kappa shape index (κ2) is 11.9. The Morgan fingerprint density at radius 2 is 1.90 bits per heavy atom. The van der Waals surface area contributed by atoms with Gasteiger partial charge in [0, 0.05) is 34.8 Å². The topological polar surface area (TPSA) is 53.9 Å². The monoisotopic (exact) mass is 553 g/mol. The molecule has 2 aromatic heterocycles. The lowest BCUT2D eigenvalue weighted by Crippen LogP contribution is -2.38. The van der Waals surface area contributed by atoms with E-state index in [1.807, 2.05) is 24.3 Å². The standard InChI is InChI=1S/C30H31ClF3N5/c1-2-22-9-5-6-17-39(22)19-27-37-26-18-21(28-24(30(32,33)34)10-7-15-35-28)12-13-23(26)29(38-27)36-16-14-20-8-3-4-11-25(20)31/h3-4,7-8,10-13,15,18,22H,2,5-6,9,14,16-17,19H2,1H3,(H,36,37,38). The molecule has 5 rings (SSSR count). The van der Waals surface area contributed by atoms with Gasteiger partial charge < -0.3 is 5.32 Å². The Hall–Kier alpha value is -3.23. The summed E-state index contributed by atoms with van der Waals surface area (Å²) in [6.45, 7) is 4.37. The highest BCUT2D eigenvalue weighted by Crippen LogP contribution is 2.37. The van der Waals surface area contributed by atoms with E-state index in [2.05, 4.69) is 22.1 Å². The van der Waals surface area contributed by atoms with Crippen molar-refractivity contribution in [2.45, 2.75) is 57.8 Å². The van der Waals surface area contributed by atoms with Crippen molar-refractivity contribution < 1.29 is 13.2 Å². The largest absolute Gasteiger partial charge is 0.418 e. The number of hydrogen-bond donors (Lipinski definition) is 1. The minimum Gasteiger partial charge on any atom is -0.369 e. The zero-order valence-corrected chi connectivity index (χ0v) is 22.6. The molecule has 0 radical (unpaired) electrons. The van der Waals surface area contributed by atoms with E-state index in [1.54, 1.807) is 18.2 Å².